The van der Waals surface area contributed by atoms with Gasteiger partial charge in [0.25, 0.3) is 0 Å². The van der Waals surface area contributed by atoms with Crippen molar-refractivity contribution in [3.63, 3.8) is 0 Å². The molecule has 34 heavy (non-hydrogen) atoms. The summed E-state index contributed by atoms with van der Waals surface area (Å²) < 4.78 is 62.8. The van der Waals surface area contributed by atoms with Crippen molar-refractivity contribution >= 4 is 46.5 Å². The Morgan fingerprint density at radius 2 is 0.971 bits per heavy atom. The summed E-state index contributed by atoms with van der Waals surface area (Å²) >= 11 is 4.28. The zero-order valence-corrected chi connectivity index (χ0v) is 21.2. The Balaban J connectivity index is 1.95. The summed E-state index contributed by atoms with van der Waals surface area (Å²) in [4.78, 5) is -0.766. The van der Waals surface area contributed by atoms with Gasteiger partial charge in [-0.3, -0.25) is 0 Å². The molecule has 0 atom stereocenters. The molecule has 0 aliphatic heterocycles. The predicted molar refractivity (Wildman–Crippen MR) is 137 cm³/mol. The maximum atomic E-state index is 13.0. The number of hydrogen-bond acceptors (Lipinski definition) is 2. The summed E-state index contributed by atoms with van der Waals surface area (Å²) in [6.07, 6.45) is 0.440. The molecule has 0 heterocycles. The Kier molecular flexibility index (Phi) is 6.49. The second-order valence-corrected chi connectivity index (χ2v) is 18.8. The zero-order valence-electron chi connectivity index (χ0n) is 17.9. The summed E-state index contributed by atoms with van der Waals surface area (Å²) in [6.45, 7) is 0. The van der Waals surface area contributed by atoms with Crippen molar-refractivity contribution in [3.05, 3.63) is 121 Å². The molecule has 4 aromatic carbocycles. The molecule has 0 aliphatic rings. The third kappa shape index (κ3) is 4.10. The van der Waals surface area contributed by atoms with E-state index >= 15 is 0 Å². The Morgan fingerprint density at radius 3 is 1.29 bits per heavy atom. The van der Waals surface area contributed by atoms with Crippen LogP contribution in [-0.2, 0) is 16.0 Å². The number of halogens is 4. The molecule has 8 heteroatoms. The summed E-state index contributed by atoms with van der Waals surface area (Å²) in [5.74, 6) is 0. The summed E-state index contributed by atoms with van der Waals surface area (Å²) in [6, 6.07) is 34.9. The van der Waals surface area contributed by atoms with Gasteiger partial charge < -0.3 is 0 Å². The fourth-order valence-corrected chi connectivity index (χ4v) is 12.7. The topological polar surface area (TPSA) is 34.1 Å². The van der Waals surface area contributed by atoms with Gasteiger partial charge in [-0.2, -0.15) is 0 Å². The molecule has 0 fully saturated rings. The molecule has 176 valence electrons. The van der Waals surface area contributed by atoms with E-state index < -0.39 is 25.5 Å². The molecule has 0 aliphatic carbocycles. The molecule has 0 aromatic heterocycles. The average molecular weight is 565 g/mol. The van der Waals surface area contributed by atoms with Crippen LogP contribution < -0.4 is 15.9 Å². The molecule has 0 saturated heterocycles. The first-order valence-corrected chi connectivity index (χ1v) is 16.3. The van der Waals surface area contributed by atoms with Crippen LogP contribution in [0, 0.1) is 0 Å². The number of benzene rings is 4. The molecular weight excluding hydrogens is 544 g/mol. The Morgan fingerprint density at radius 1 is 0.618 bits per heavy atom. The van der Waals surface area contributed by atoms with Gasteiger partial charge in [0.2, 0.25) is 0 Å². The van der Waals surface area contributed by atoms with Crippen LogP contribution in [-0.4, -0.2) is 13.9 Å². The fraction of sp³-hybridized carbons (Fsp3) is 0.0769. The van der Waals surface area contributed by atoms with Gasteiger partial charge in [0.1, 0.15) is 0 Å². The molecule has 0 radical (unpaired) electrons. The molecule has 0 bridgehead atoms. The summed E-state index contributed by atoms with van der Waals surface area (Å²) in [5, 5.41) is -0.182. The molecule has 2 nitrogen and oxygen atoms in total. The van der Waals surface area contributed by atoms with Crippen molar-refractivity contribution in [2.24, 2.45) is 0 Å². The minimum atomic E-state index is -5.41. The first-order chi connectivity index (χ1) is 16.1. The van der Waals surface area contributed by atoms with Gasteiger partial charge in [-0.05, 0) is 0 Å². The predicted octanol–water partition coefficient (Wildman–Crippen LogP) is 6.32. The molecule has 4 rings (SSSR count). The van der Waals surface area contributed by atoms with Crippen molar-refractivity contribution in [1.29, 1.82) is 0 Å². The number of rotatable bonds is 6. The van der Waals surface area contributed by atoms with Gasteiger partial charge in [-0.15, -0.1) is 0 Å². The van der Waals surface area contributed by atoms with E-state index in [0.717, 1.165) is 28.0 Å². The standard InChI is InChI=1S/C26H21BrF3O2PS/c27-33(22-10-4-1-5-11-22,23-12-6-2-7-13-23,24-14-8-3-9-15-24)20-21-16-18-25(19-17-21)34(31,32)26(28,29)30/h1-19H,20H2. The first-order valence-electron chi connectivity index (χ1n) is 10.4. The second kappa shape index (κ2) is 8.95. The van der Waals surface area contributed by atoms with Gasteiger partial charge in [-0.25, -0.2) is 0 Å². The van der Waals surface area contributed by atoms with E-state index in [0.29, 0.717) is 11.7 Å². The van der Waals surface area contributed by atoms with Gasteiger partial charge in [0.05, 0.1) is 0 Å². The third-order valence-electron chi connectivity index (χ3n) is 5.90. The van der Waals surface area contributed by atoms with Crippen molar-refractivity contribution in [3.8, 4) is 0 Å². The summed E-state index contributed by atoms with van der Waals surface area (Å²) in [5.41, 5.74) is -4.63. The molecule has 0 unspecified atom stereocenters. The maximum absolute atomic E-state index is 13.0. The van der Waals surface area contributed by atoms with Crippen LogP contribution in [0.4, 0.5) is 13.2 Å². The number of sulfone groups is 1. The Bertz CT molecular complexity index is 1280. The van der Waals surface area contributed by atoms with Crippen LogP contribution in [0.5, 0.6) is 0 Å². The van der Waals surface area contributed by atoms with E-state index in [1.54, 1.807) is 0 Å². The minimum absolute atomic E-state index is 0.440. The molecular formula is C26H21BrF3O2PS. The zero-order chi connectivity index (χ0) is 24.5. The van der Waals surface area contributed by atoms with E-state index in [2.05, 4.69) is 51.9 Å². The van der Waals surface area contributed by atoms with Crippen molar-refractivity contribution in [2.45, 2.75) is 16.6 Å². The van der Waals surface area contributed by atoms with Gasteiger partial charge in [-0.1, -0.05) is 0 Å². The molecule has 0 spiro atoms. The van der Waals surface area contributed by atoms with Crippen LogP contribution in [0.3, 0.4) is 0 Å². The van der Waals surface area contributed by atoms with Gasteiger partial charge in [0.15, 0.2) is 0 Å². The Hall–Kier alpha value is -2.47. The number of alkyl halides is 3. The van der Waals surface area contributed by atoms with E-state index in [9.17, 15) is 21.6 Å². The van der Waals surface area contributed by atoms with E-state index in [4.69, 9.17) is 0 Å². The first kappa shape index (κ1) is 24.6. The van der Waals surface area contributed by atoms with Gasteiger partial charge in [0, 0.05) is 0 Å². The average Bonchev–Trinajstić information content (AvgIpc) is 2.85. The SMILES string of the molecule is O=S(=O)(c1ccc(CP(Br)(c2ccccc2)(c2ccccc2)c2ccccc2)cc1)C(F)(F)F. The van der Waals surface area contributed by atoms with Crippen molar-refractivity contribution in [1.82, 2.24) is 0 Å². The third-order valence-corrected chi connectivity index (χ3v) is 16.9. The van der Waals surface area contributed by atoms with Crippen LogP contribution in [0.25, 0.3) is 0 Å². The second-order valence-electron chi connectivity index (χ2n) is 7.94. The molecule has 0 saturated carbocycles. The quantitative estimate of drug-likeness (QED) is 0.257. The van der Waals surface area contributed by atoms with Crippen LogP contribution in [0.15, 0.2) is 120 Å². The summed E-state index contributed by atoms with van der Waals surface area (Å²) in [7, 11) is -5.41. The number of hydrogen-bond donors (Lipinski definition) is 0. The fourth-order valence-electron chi connectivity index (χ4n) is 4.19. The van der Waals surface area contributed by atoms with E-state index in [-0.39, 0.29) is 0 Å². The van der Waals surface area contributed by atoms with Gasteiger partial charge >= 0.3 is 206 Å². The van der Waals surface area contributed by atoms with Crippen molar-refractivity contribution in [2.75, 3.05) is 0 Å². The molecule has 0 amide bonds. The van der Waals surface area contributed by atoms with Crippen LogP contribution in [0.2, 0.25) is 0 Å². The van der Waals surface area contributed by atoms with Crippen LogP contribution >= 0.6 is 20.8 Å². The monoisotopic (exact) mass is 564 g/mol. The Labute approximate surface area is 205 Å². The van der Waals surface area contributed by atoms with E-state index in [1.165, 1.54) is 12.1 Å². The van der Waals surface area contributed by atoms with Crippen LogP contribution in [0.1, 0.15) is 5.56 Å². The molecule has 0 N–H and O–H groups in total. The molecule has 4 aromatic rings. The van der Waals surface area contributed by atoms with Crippen molar-refractivity contribution < 1.29 is 21.6 Å². The normalized spacial score (nSPS) is 13.7. The van der Waals surface area contributed by atoms with E-state index in [1.807, 2.05) is 54.6 Å².